The van der Waals surface area contributed by atoms with Gasteiger partial charge in [-0.15, -0.1) is 0 Å². The molecule has 0 unspecified atom stereocenters. The summed E-state index contributed by atoms with van der Waals surface area (Å²) in [5.41, 5.74) is -5.75. The number of nitrogens with zero attached hydrogens (tertiary/aromatic N) is 3. The smallest absolute Gasteiger partial charge is 0.349 e. The maximum atomic E-state index is 13.1. The van der Waals surface area contributed by atoms with Crippen LogP contribution in [-0.4, -0.2) is 57.7 Å². The lowest BCUT2D eigenvalue weighted by Crippen LogP contribution is -2.49. The van der Waals surface area contributed by atoms with E-state index >= 15 is 0 Å². The third-order valence-electron chi connectivity index (χ3n) is 5.54. The Morgan fingerprint density at radius 1 is 1.17 bits per heavy atom. The number of carbonyl (C=O) groups excluding carboxylic acids is 1. The summed E-state index contributed by atoms with van der Waals surface area (Å²) in [6, 6.07) is 2.78. The van der Waals surface area contributed by atoms with Gasteiger partial charge in [0.2, 0.25) is 21.8 Å². The first-order valence-electron chi connectivity index (χ1n) is 11.1. The van der Waals surface area contributed by atoms with Gasteiger partial charge in [0.25, 0.3) is 18.4 Å². The number of aromatic nitrogens is 4. The van der Waals surface area contributed by atoms with Crippen molar-refractivity contribution in [3.05, 3.63) is 61.0 Å². The maximum Gasteiger partial charge on any atom is 0.349 e. The van der Waals surface area contributed by atoms with Crippen LogP contribution in [0.5, 0.6) is 17.4 Å². The minimum absolute atomic E-state index is 0.0140. The fourth-order valence-electron chi connectivity index (χ4n) is 3.44. The van der Waals surface area contributed by atoms with E-state index in [0.717, 1.165) is 18.2 Å². The number of halogens is 6. The van der Waals surface area contributed by atoms with Crippen LogP contribution in [-0.2, 0) is 14.8 Å². The molecule has 3 aromatic rings. The molecule has 0 aliphatic heterocycles. The highest BCUT2D eigenvalue weighted by Gasteiger charge is 2.53. The number of amides is 1. The number of nitrogens with one attached hydrogen (secondary N) is 3. The quantitative estimate of drug-likeness (QED) is 0.241. The third kappa shape index (κ3) is 6.45. The number of sulfonamides is 1. The number of ether oxygens (including phenoxy) is 1. The second-order valence-electron chi connectivity index (χ2n) is 8.48. The lowest BCUT2D eigenvalue weighted by Gasteiger charge is -2.18. The van der Waals surface area contributed by atoms with E-state index in [1.807, 2.05) is 5.32 Å². The number of aromatic hydroxyl groups is 1. The molecule has 1 aliphatic carbocycles. The zero-order valence-electron chi connectivity index (χ0n) is 20.0. The number of rotatable bonds is 10. The number of aromatic amines is 1. The van der Waals surface area contributed by atoms with Gasteiger partial charge in [-0.25, -0.2) is 35.8 Å². The molecule has 0 radical (unpaired) electrons. The van der Waals surface area contributed by atoms with Crippen molar-refractivity contribution in [1.29, 1.82) is 0 Å². The van der Waals surface area contributed by atoms with Crippen LogP contribution in [0.1, 0.15) is 25.0 Å². The number of pyridine rings is 1. The van der Waals surface area contributed by atoms with Gasteiger partial charge < -0.3 is 15.2 Å². The van der Waals surface area contributed by atoms with Crippen molar-refractivity contribution < 1.29 is 40.6 Å². The maximum absolute atomic E-state index is 13.1. The number of alkyl halides is 4. The van der Waals surface area contributed by atoms with Crippen LogP contribution in [0.3, 0.4) is 0 Å². The van der Waals surface area contributed by atoms with Crippen molar-refractivity contribution in [2.75, 3.05) is 6.54 Å². The number of hydrogen-bond donors (Lipinski definition) is 4. The molecule has 220 valence electrons. The Morgan fingerprint density at radius 3 is 2.37 bits per heavy atom. The summed E-state index contributed by atoms with van der Waals surface area (Å²) in [6.07, 6.45) is -5.43. The second-order valence-corrected chi connectivity index (χ2v) is 10.9. The molecule has 1 fully saturated rings. The normalized spacial score (nSPS) is 14.3. The summed E-state index contributed by atoms with van der Waals surface area (Å²) in [4.78, 5) is 40.5. The molecule has 2 aromatic heterocycles. The molecule has 0 atom stereocenters. The first-order valence-corrected chi connectivity index (χ1v) is 13.4. The van der Waals surface area contributed by atoms with E-state index in [0.29, 0.717) is 10.9 Å². The summed E-state index contributed by atoms with van der Waals surface area (Å²) < 4.78 is 84.9. The van der Waals surface area contributed by atoms with Crippen LogP contribution < -0.4 is 26.0 Å². The Hall–Kier alpha value is -3.74. The Bertz CT molecular complexity index is 1730. The fraction of sp³-hybridized carbons (Fsp3) is 0.286. The minimum Gasteiger partial charge on any atom is -0.505 e. The van der Waals surface area contributed by atoms with Gasteiger partial charge in [-0.1, -0.05) is 23.2 Å². The predicted octanol–water partition coefficient (Wildman–Crippen LogP) is 2.25. The Kier molecular flexibility index (Phi) is 8.30. The minimum atomic E-state index is -4.64. The second kappa shape index (κ2) is 11.3. The third-order valence-corrected chi connectivity index (χ3v) is 7.66. The average molecular weight is 643 g/mol. The Morgan fingerprint density at radius 2 is 1.80 bits per heavy atom. The summed E-state index contributed by atoms with van der Waals surface area (Å²) in [5.74, 6) is -2.64. The van der Waals surface area contributed by atoms with Crippen molar-refractivity contribution in [3.8, 4) is 23.1 Å². The summed E-state index contributed by atoms with van der Waals surface area (Å²) in [7, 11) is -4.64. The fourth-order valence-corrected chi connectivity index (χ4v) is 5.49. The molecule has 20 heteroatoms. The zero-order chi connectivity index (χ0) is 30.3. The number of hydrogen-bond acceptors (Lipinski definition) is 9. The molecule has 1 aliphatic rings. The van der Waals surface area contributed by atoms with E-state index < -0.39 is 74.3 Å². The molecule has 4 N–H and O–H groups in total. The van der Waals surface area contributed by atoms with Gasteiger partial charge >= 0.3 is 5.69 Å². The van der Waals surface area contributed by atoms with Crippen LogP contribution in [0.2, 0.25) is 10.0 Å². The van der Waals surface area contributed by atoms with E-state index in [9.17, 15) is 45.5 Å². The van der Waals surface area contributed by atoms with Crippen LogP contribution >= 0.6 is 23.2 Å². The molecule has 0 spiro atoms. The van der Waals surface area contributed by atoms with Gasteiger partial charge in [0, 0.05) is 6.07 Å². The molecule has 41 heavy (non-hydrogen) atoms. The highest BCUT2D eigenvalue weighted by atomic mass is 35.5. The van der Waals surface area contributed by atoms with Crippen LogP contribution in [0.15, 0.2) is 38.9 Å². The van der Waals surface area contributed by atoms with E-state index in [-0.39, 0.29) is 34.3 Å². The van der Waals surface area contributed by atoms with Crippen LogP contribution in [0.4, 0.5) is 17.6 Å². The van der Waals surface area contributed by atoms with Gasteiger partial charge in [-0.3, -0.25) is 14.6 Å². The standard InChI is InChI=1S/C21H16Cl2F4N6O7S/c22-9-3-8(33-20(37)30-18(35)15(31-33)17(26)27)4-10(23)16(9)40-14-5-12(11(34)6-28-14)41(38,39)32-21(1-2-21)19(36)29-7-13(24)25/h3-6,13,17,32,34H,1-2,7H2,(H,29,36)(H,30,35,37). The van der Waals surface area contributed by atoms with Crippen LogP contribution in [0, 0.1) is 0 Å². The molecule has 1 amide bonds. The number of H-pyrrole nitrogens is 1. The van der Waals surface area contributed by atoms with Crippen LogP contribution in [0.25, 0.3) is 5.69 Å². The molecule has 2 heterocycles. The Balaban J connectivity index is 1.62. The molecule has 1 aromatic carbocycles. The molecule has 13 nitrogen and oxygen atoms in total. The Labute approximate surface area is 236 Å². The molecule has 0 bridgehead atoms. The van der Waals surface area contributed by atoms with Gasteiger partial charge in [0.1, 0.15) is 10.4 Å². The monoisotopic (exact) mass is 642 g/mol. The van der Waals surface area contributed by atoms with Crippen molar-refractivity contribution in [1.82, 2.24) is 29.8 Å². The average Bonchev–Trinajstić information content (AvgIpc) is 3.65. The van der Waals surface area contributed by atoms with Gasteiger partial charge in [0.15, 0.2) is 17.2 Å². The molecule has 0 saturated heterocycles. The van der Waals surface area contributed by atoms with E-state index in [2.05, 4.69) is 14.8 Å². The lowest BCUT2D eigenvalue weighted by atomic mass is 10.3. The zero-order valence-corrected chi connectivity index (χ0v) is 22.3. The van der Waals surface area contributed by atoms with Gasteiger partial charge in [-0.05, 0) is 25.0 Å². The van der Waals surface area contributed by atoms with E-state index in [1.54, 1.807) is 4.98 Å². The molecule has 1 saturated carbocycles. The summed E-state index contributed by atoms with van der Waals surface area (Å²) >= 11 is 12.4. The predicted molar refractivity (Wildman–Crippen MR) is 133 cm³/mol. The molecule has 4 rings (SSSR count). The first-order chi connectivity index (χ1) is 19.1. The molecular formula is C21H16Cl2F4N6O7S. The van der Waals surface area contributed by atoms with Crippen molar-refractivity contribution in [2.45, 2.75) is 36.1 Å². The lowest BCUT2D eigenvalue weighted by molar-refractivity contribution is -0.124. The highest BCUT2D eigenvalue weighted by molar-refractivity contribution is 7.89. The van der Waals surface area contributed by atoms with Crippen molar-refractivity contribution >= 4 is 39.1 Å². The summed E-state index contributed by atoms with van der Waals surface area (Å²) in [5, 5.41) is 14.7. The topological polar surface area (TPSA) is 185 Å². The van der Waals surface area contributed by atoms with E-state index in [1.165, 1.54) is 0 Å². The number of carbonyl (C=O) groups is 1. The van der Waals surface area contributed by atoms with Gasteiger partial charge in [-0.2, -0.15) is 14.5 Å². The molecular weight excluding hydrogens is 627 g/mol. The highest BCUT2D eigenvalue weighted by Crippen LogP contribution is 2.40. The SMILES string of the molecule is O=C(NCC(F)F)C1(NS(=O)(=O)c2cc(Oc3c(Cl)cc(-n4nc(C(F)F)c(=O)[nH]c4=O)cc3Cl)ncc2O)CC1. The van der Waals surface area contributed by atoms with E-state index in [4.69, 9.17) is 27.9 Å². The van der Waals surface area contributed by atoms with Crippen molar-refractivity contribution in [3.63, 3.8) is 0 Å². The number of benzene rings is 1. The first kappa shape index (κ1) is 30.2. The van der Waals surface area contributed by atoms with Crippen molar-refractivity contribution in [2.24, 2.45) is 0 Å². The largest absolute Gasteiger partial charge is 0.505 e. The summed E-state index contributed by atoms with van der Waals surface area (Å²) in [6.45, 7) is -0.985. The van der Waals surface area contributed by atoms with Gasteiger partial charge in [0.05, 0.1) is 28.5 Å².